The van der Waals surface area contributed by atoms with Gasteiger partial charge in [0.25, 0.3) is 5.91 Å². The van der Waals surface area contributed by atoms with Crippen LogP contribution in [-0.4, -0.2) is 25.3 Å². The van der Waals surface area contributed by atoms with Crippen LogP contribution in [0.5, 0.6) is 0 Å². The van der Waals surface area contributed by atoms with Crippen LogP contribution in [0.25, 0.3) is 0 Å². The first-order valence-electron chi connectivity index (χ1n) is 7.19. The van der Waals surface area contributed by atoms with E-state index in [4.69, 9.17) is 17.3 Å². The lowest BCUT2D eigenvalue weighted by atomic mass is 10.1. The molecule has 0 bridgehead atoms. The van der Waals surface area contributed by atoms with Crippen molar-refractivity contribution in [2.75, 3.05) is 18.4 Å². The SMILES string of the molecule is CCNc1cc(Cl)cc(C(=O)NC/C(C=O)=C(/N)CC)c1C. The van der Waals surface area contributed by atoms with Crippen molar-refractivity contribution >= 4 is 29.5 Å². The standard InChI is InChI=1S/C16H22ClN3O2/c1-4-14(18)11(9-21)8-20-16(22)13-6-12(17)7-15(10(13)3)19-5-2/h6-7,9,19H,4-5,8,18H2,1-3H3,(H,20,22)/b14-11-. The van der Waals surface area contributed by atoms with Crippen LogP contribution < -0.4 is 16.4 Å². The molecule has 0 aliphatic heterocycles. The second-order valence-corrected chi connectivity index (χ2v) is 5.30. The van der Waals surface area contributed by atoms with Gasteiger partial charge in [-0.15, -0.1) is 0 Å². The Labute approximate surface area is 135 Å². The molecule has 0 aliphatic carbocycles. The van der Waals surface area contributed by atoms with Gasteiger partial charge in [-0.05, 0) is 38.0 Å². The lowest BCUT2D eigenvalue weighted by Crippen LogP contribution is -2.28. The molecule has 4 N–H and O–H groups in total. The Morgan fingerprint density at radius 1 is 1.36 bits per heavy atom. The number of anilines is 1. The molecule has 120 valence electrons. The number of carbonyl (C=O) groups excluding carboxylic acids is 2. The molecule has 0 fully saturated rings. The molecule has 6 heteroatoms. The second-order valence-electron chi connectivity index (χ2n) is 4.86. The van der Waals surface area contributed by atoms with Gasteiger partial charge in [0.05, 0.1) is 0 Å². The van der Waals surface area contributed by atoms with Crippen molar-refractivity contribution in [3.05, 3.63) is 39.6 Å². The first kappa shape index (κ1) is 18.0. The highest BCUT2D eigenvalue weighted by Gasteiger charge is 2.14. The molecule has 1 amide bonds. The molecular formula is C16H22ClN3O2. The Kier molecular flexibility index (Phi) is 6.92. The number of amides is 1. The van der Waals surface area contributed by atoms with Crippen molar-refractivity contribution in [1.29, 1.82) is 0 Å². The predicted molar refractivity (Wildman–Crippen MR) is 90.3 cm³/mol. The fourth-order valence-electron chi connectivity index (χ4n) is 2.02. The number of benzene rings is 1. The molecule has 0 unspecified atom stereocenters. The summed E-state index contributed by atoms with van der Waals surface area (Å²) in [6, 6.07) is 3.39. The van der Waals surface area contributed by atoms with E-state index < -0.39 is 0 Å². The summed E-state index contributed by atoms with van der Waals surface area (Å²) in [5, 5.41) is 6.35. The van der Waals surface area contributed by atoms with Crippen LogP contribution in [0.15, 0.2) is 23.4 Å². The fourth-order valence-corrected chi connectivity index (χ4v) is 2.24. The van der Waals surface area contributed by atoms with Crippen LogP contribution in [-0.2, 0) is 4.79 Å². The summed E-state index contributed by atoms with van der Waals surface area (Å²) < 4.78 is 0. The van der Waals surface area contributed by atoms with E-state index in [1.54, 1.807) is 12.1 Å². The Morgan fingerprint density at radius 3 is 2.59 bits per heavy atom. The Balaban J connectivity index is 2.97. The smallest absolute Gasteiger partial charge is 0.251 e. The number of hydrogen-bond acceptors (Lipinski definition) is 4. The second kappa shape index (κ2) is 8.44. The molecule has 1 aromatic rings. The molecule has 1 aromatic carbocycles. The van der Waals surface area contributed by atoms with Crippen LogP contribution >= 0.6 is 11.6 Å². The molecule has 0 saturated carbocycles. The third kappa shape index (κ3) is 4.49. The predicted octanol–water partition coefficient (Wildman–Crippen LogP) is 2.63. The van der Waals surface area contributed by atoms with Gasteiger partial charge < -0.3 is 16.4 Å². The minimum atomic E-state index is -0.289. The molecule has 0 aliphatic rings. The zero-order valence-electron chi connectivity index (χ0n) is 13.1. The van der Waals surface area contributed by atoms with Crippen molar-refractivity contribution in [3.8, 4) is 0 Å². The maximum atomic E-state index is 12.3. The number of allylic oxidation sites excluding steroid dienone is 1. The monoisotopic (exact) mass is 323 g/mol. The zero-order valence-corrected chi connectivity index (χ0v) is 13.9. The summed E-state index contributed by atoms with van der Waals surface area (Å²) in [4.78, 5) is 23.3. The number of hydrogen-bond donors (Lipinski definition) is 3. The Morgan fingerprint density at radius 2 is 2.05 bits per heavy atom. The van der Waals surface area contributed by atoms with Crippen molar-refractivity contribution in [3.63, 3.8) is 0 Å². The third-order valence-electron chi connectivity index (χ3n) is 3.36. The van der Waals surface area contributed by atoms with Crippen LogP contribution in [0.3, 0.4) is 0 Å². The average Bonchev–Trinajstić information content (AvgIpc) is 2.50. The topological polar surface area (TPSA) is 84.2 Å². The van der Waals surface area contributed by atoms with E-state index in [1.165, 1.54) is 0 Å². The average molecular weight is 324 g/mol. The number of carbonyl (C=O) groups is 2. The van der Waals surface area contributed by atoms with Crippen molar-refractivity contribution in [1.82, 2.24) is 5.32 Å². The maximum Gasteiger partial charge on any atom is 0.251 e. The summed E-state index contributed by atoms with van der Waals surface area (Å²) in [5.74, 6) is -0.289. The fraction of sp³-hybridized carbons (Fsp3) is 0.375. The van der Waals surface area contributed by atoms with Crippen LogP contribution in [0.4, 0.5) is 5.69 Å². The van der Waals surface area contributed by atoms with Crippen molar-refractivity contribution in [2.45, 2.75) is 27.2 Å². The highest BCUT2D eigenvalue weighted by atomic mass is 35.5. The normalized spacial score (nSPS) is 11.6. The van der Waals surface area contributed by atoms with Gasteiger partial charge in [-0.1, -0.05) is 18.5 Å². The van der Waals surface area contributed by atoms with E-state index in [2.05, 4.69) is 10.6 Å². The first-order chi connectivity index (χ1) is 10.4. The van der Waals surface area contributed by atoms with Gasteiger partial charge in [-0.25, -0.2) is 0 Å². The van der Waals surface area contributed by atoms with Gasteiger partial charge in [0.2, 0.25) is 0 Å². The maximum absolute atomic E-state index is 12.3. The van der Waals surface area contributed by atoms with Crippen molar-refractivity contribution < 1.29 is 9.59 Å². The number of rotatable bonds is 7. The van der Waals surface area contributed by atoms with Crippen LogP contribution in [0, 0.1) is 6.92 Å². The van der Waals surface area contributed by atoms with Gasteiger partial charge in [0.1, 0.15) is 6.29 Å². The highest BCUT2D eigenvalue weighted by molar-refractivity contribution is 6.31. The number of aldehydes is 1. The summed E-state index contributed by atoms with van der Waals surface area (Å²) in [7, 11) is 0. The molecular weight excluding hydrogens is 302 g/mol. The van der Waals surface area contributed by atoms with E-state index in [0.717, 1.165) is 17.8 Å². The van der Waals surface area contributed by atoms with E-state index >= 15 is 0 Å². The molecule has 0 aromatic heterocycles. The lowest BCUT2D eigenvalue weighted by Gasteiger charge is -2.14. The van der Waals surface area contributed by atoms with Crippen LogP contribution in [0.2, 0.25) is 5.02 Å². The highest BCUT2D eigenvalue weighted by Crippen LogP contribution is 2.24. The van der Waals surface area contributed by atoms with E-state index in [9.17, 15) is 9.59 Å². The number of nitrogens with two attached hydrogens (primary N) is 1. The Bertz CT molecular complexity index is 597. The molecule has 0 atom stereocenters. The summed E-state index contributed by atoms with van der Waals surface area (Å²) in [6.45, 7) is 6.50. The van der Waals surface area contributed by atoms with Crippen LogP contribution in [0.1, 0.15) is 36.2 Å². The number of nitrogens with one attached hydrogen (secondary N) is 2. The molecule has 5 nitrogen and oxygen atoms in total. The quantitative estimate of drug-likeness (QED) is 0.532. The minimum absolute atomic E-state index is 0.102. The van der Waals surface area contributed by atoms with Crippen molar-refractivity contribution in [2.24, 2.45) is 5.73 Å². The lowest BCUT2D eigenvalue weighted by molar-refractivity contribution is -0.105. The first-order valence-corrected chi connectivity index (χ1v) is 7.57. The minimum Gasteiger partial charge on any atom is -0.402 e. The molecule has 22 heavy (non-hydrogen) atoms. The van der Waals surface area contributed by atoms with Gasteiger partial charge in [-0.2, -0.15) is 0 Å². The van der Waals surface area contributed by atoms with Gasteiger partial charge >= 0.3 is 0 Å². The molecule has 0 heterocycles. The largest absolute Gasteiger partial charge is 0.402 e. The summed E-state index contributed by atoms with van der Waals surface area (Å²) in [5.41, 5.74) is 8.71. The third-order valence-corrected chi connectivity index (χ3v) is 3.58. The molecule has 1 rings (SSSR count). The zero-order chi connectivity index (χ0) is 16.7. The van der Waals surface area contributed by atoms with Gasteiger partial charge in [0.15, 0.2) is 0 Å². The molecule has 0 saturated heterocycles. The Hall–Kier alpha value is -2.01. The molecule has 0 spiro atoms. The summed E-state index contributed by atoms with van der Waals surface area (Å²) >= 11 is 6.06. The molecule has 0 radical (unpaired) electrons. The number of halogens is 1. The van der Waals surface area contributed by atoms with E-state index in [0.29, 0.717) is 34.6 Å². The van der Waals surface area contributed by atoms with E-state index in [1.807, 2.05) is 20.8 Å². The van der Waals surface area contributed by atoms with Gasteiger partial charge in [-0.3, -0.25) is 9.59 Å². The summed E-state index contributed by atoms with van der Waals surface area (Å²) in [6.07, 6.45) is 1.23. The van der Waals surface area contributed by atoms with E-state index in [-0.39, 0.29) is 12.5 Å². The van der Waals surface area contributed by atoms with Gasteiger partial charge in [0, 0.05) is 40.6 Å².